The molecule has 2 aliphatic rings. The Bertz CT molecular complexity index is 2120. The molecule has 1 saturated carbocycles. The molecule has 1 saturated heterocycles. The number of fused-ring (bicyclic) bond motifs is 1. The number of hydrogen-bond donors (Lipinski definition) is 6. The van der Waals surface area contributed by atoms with Crippen LogP contribution in [-0.2, 0) is 45.8 Å². The van der Waals surface area contributed by atoms with E-state index >= 15 is 0 Å². The molecule has 310 valence electrons. The summed E-state index contributed by atoms with van der Waals surface area (Å²) in [5, 5.41) is 10.1. The second-order valence-corrected chi connectivity index (χ2v) is 17.7. The van der Waals surface area contributed by atoms with Crippen LogP contribution in [0.5, 0.6) is 5.75 Å². The molecule has 5 rings (SSSR count). The smallest absolute Gasteiger partial charge is 0.488 e. The van der Waals surface area contributed by atoms with E-state index in [1.54, 1.807) is 10.8 Å². The number of carbonyl (C=O) groups excluding carboxylic acids is 1. The Hall–Kier alpha value is -4.09. The van der Waals surface area contributed by atoms with Crippen molar-refractivity contribution in [2.75, 3.05) is 57.3 Å². The van der Waals surface area contributed by atoms with Crippen molar-refractivity contribution in [2.24, 2.45) is 5.11 Å². The molecule has 1 aromatic carbocycles. The average Bonchev–Trinajstić information content (AvgIpc) is 3.74. The van der Waals surface area contributed by atoms with E-state index in [9.17, 15) is 28.3 Å². The summed E-state index contributed by atoms with van der Waals surface area (Å²) in [5.74, 6) is 6.05. The highest BCUT2D eigenvalue weighted by Crippen LogP contribution is 2.66. The minimum absolute atomic E-state index is 0.0173. The second kappa shape index (κ2) is 20.1. The summed E-state index contributed by atoms with van der Waals surface area (Å²) >= 11 is 0. The number of anilines is 2. The number of carbonyl (C=O) groups is 1. The number of aromatic nitrogens is 3. The molecule has 0 bridgehead atoms. The molecule has 4 unspecified atom stereocenters. The summed E-state index contributed by atoms with van der Waals surface area (Å²) in [6, 6.07) is 7.99. The maximum Gasteiger partial charge on any atom is 0.488 e. The Balaban J connectivity index is 1.04. The van der Waals surface area contributed by atoms with Crippen molar-refractivity contribution in [3.05, 3.63) is 52.8 Å². The lowest BCUT2D eigenvalue weighted by molar-refractivity contribution is -0.126. The zero-order valence-electron chi connectivity index (χ0n) is 30.5. The Morgan fingerprint density at radius 2 is 1.89 bits per heavy atom. The lowest BCUT2D eigenvalue weighted by Crippen LogP contribution is -2.29. The number of nitrogens with two attached hydrogens (primary N) is 1. The molecule has 23 nitrogen and oxygen atoms in total. The number of benzene rings is 1. The van der Waals surface area contributed by atoms with Crippen LogP contribution < -0.4 is 21.1 Å². The number of phosphoric acid groups is 2. The summed E-state index contributed by atoms with van der Waals surface area (Å²) in [6.45, 7) is -0.243. The third-order valence-electron chi connectivity index (χ3n) is 8.19. The third kappa shape index (κ3) is 14.1. The number of hydrogen-bond acceptors (Lipinski definition) is 16. The lowest BCUT2D eigenvalue weighted by Gasteiger charge is -2.27. The monoisotopic (exact) mass is 857 g/mol. The van der Waals surface area contributed by atoms with E-state index in [2.05, 4.69) is 51.1 Å². The van der Waals surface area contributed by atoms with Gasteiger partial charge in [-0.15, -0.1) is 0 Å². The first kappa shape index (κ1) is 44.0. The number of rotatable bonds is 21. The number of amides is 1. The van der Waals surface area contributed by atoms with E-state index in [-0.39, 0.29) is 38.8 Å². The van der Waals surface area contributed by atoms with Gasteiger partial charge in [-0.25, -0.2) is 23.4 Å². The molecule has 7 N–H and O–H groups in total. The molecule has 3 aromatic rings. The Morgan fingerprint density at radius 3 is 2.60 bits per heavy atom. The largest absolute Gasteiger partial charge is 0.491 e. The van der Waals surface area contributed by atoms with Crippen molar-refractivity contribution in [3.8, 4) is 17.6 Å². The molecule has 3 heterocycles. The fourth-order valence-corrected chi connectivity index (χ4v) is 9.00. The first-order chi connectivity index (χ1) is 27.1. The number of phosphoric ester groups is 1. The maximum atomic E-state index is 12.3. The molecule has 1 aliphatic carbocycles. The zero-order chi connectivity index (χ0) is 41.1. The molecule has 0 spiro atoms. The summed E-state index contributed by atoms with van der Waals surface area (Å²) in [7, 11) is -15.2. The Morgan fingerprint density at radius 1 is 1.12 bits per heavy atom. The van der Waals surface area contributed by atoms with Gasteiger partial charge in [0.05, 0.1) is 43.4 Å². The predicted molar refractivity (Wildman–Crippen MR) is 201 cm³/mol. The highest BCUT2D eigenvalue weighted by molar-refractivity contribution is 7.68. The van der Waals surface area contributed by atoms with Crippen LogP contribution in [0.15, 0.2) is 41.9 Å². The van der Waals surface area contributed by atoms with E-state index in [0.29, 0.717) is 47.9 Å². The fraction of sp³-hybridized carbons (Fsp3) is 0.516. The quantitative estimate of drug-likeness (QED) is 0.0221. The van der Waals surface area contributed by atoms with Gasteiger partial charge in [-0.2, -0.15) is 4.31 Å². The topological polar surface area (TPSA) is 323 Å². The van der Waals surface area contributed by atoms with Gasteiger partial charge in [-0.1, -0.05) is 17.0 Å². The van der Waals surface area contributed by atoms with Gasteiger partial charge in [-0.05, 0) is 61.9 Å². The van der Waals surface area contributed by atoms with E-state index in [0.717, 1.165) is 18.5 Å². The molecule has 26 heteroatoms. The van der Waals surface area contributed by atoms with Crippen molar-refractivity contribution in [3.63, 3.8) is 0 Å². The second-order valence-electron chi connectivity index (χ2n) is 12.7. The fourth-order valence-electron chi connectivity index (χ4n) is 5.49. The highest BCUT2D eigenvalue weighted by atomic mass is 31.3. The van der Waals surface area contributed by atoms with Crippen LogP contribution >= 0.6 is 23.2 Å². The average molecular weight is 858 g/mol. The third-order valence-corrected chi connectivity index (χ3v) is 12.4. The van der Waals surface area contributed by atoms with Crippen molar-refractivity contribution < 1.29 is 65.3 Å². The van der Waals surface area contributed by atoms with Gasteiger partial charge in [0.1, 0.15) is 43.0 Å². The molecule has 6 atom stereocenters. The lowest BCUT2D eigenvalue weighted by atomic mass is 9.93. The van der Waals surface area contributed by atoms with Gasteiger partial charge >= 0.3 is 23.2 Å². The SMILES string of the molecule is CP(=O)(O)OP(=O)(O)OP(=O)(O)OC[C@@H]1CC[C@H](n2cc(C#CCNC(=O)COCCOC(COc3ccc(NC4CCC4)cc3)N=[N+]=[N-])c3c(N)ncnc32)O1. The number of nitrogen functional groups attached to an aromatic ring is 1. The molecule has 0 radical (unpaired) electrons. The van der Waals surface area contributed by atoms with Gasteiger partial charge in [0, 0.05) is 29.5 Å². The zero-order valence-corrected chi connectivity index (χ0v) is 33.2. The van der Waals surface area contributed by atoms with Crippen molar-refractivity contribution in [1.29, 1.82) is 0 Å². The standard InChI is InChI=1S/C31H42N9O14P3/c1-55(42,43)53-57(46,47)54-56(44,45)51-17-25-11-12-28(52-25)40-16-21(29-30(32)35-20-36-31(29)40)4-3-13-34-26(41)18-48-14-15-49-27(38-39-33)19-50-24-9-7-23(8-10-24)37-22-5-2-6-22/h7-10,16,20,22,25,27-28,37H,2,5-6,11-15,17-19H2,1H3,(H,34,41)(H,42,43)(H,44,45)(H,46,47)(H2,32,35,36)/t25-,27?,28+/m0/s1. The van der Waals surface area contributed by atoms with Crippen LogP contribution in [0.2, 0.25) is 0 Å². The predicted octanol–water partition coefficient (Wildman–Crippen LogP) is 3.94. The Labute approximate surface area is 325 Å². The number of nitrogens with zero attached hydrogens (tertiary/aromatic N) is 6. The molecule has 57 heavy (non-hydrogen) atoms. The minimum atomic E-state index is -5.42. The normalized spacial score (nSPS) is 20.4. The van der Waals surface area contributed by atoms with Crippen LogP contribution in [0.3, 0.4) is 0 Å². The summed E-state index contributed by atoms with van der Waals surface area (Å²) in [6.07, 6.45) is 4.78. The first-order valence-electron chi connectivity index (χ1n) is 17.4. The van der Waals surface area contributed by atoms with Crippen molar-refractivity contribution in [2.45, 2.75) is 56.7 Å². The number of ether oxygens (including phenoxy) is 4. The van der Waals surface area contributed by atoms with Crippen LogP contribution in [-0.4, -0.2) is 99.7 Å². The number of nitrogens with one attached hydrogen (secondary N) is 2. The highest BCUT2D eigenvalue weighted by Gasteiger charge is 2.40. The van der Waals surface area contributed by atoms with E-state index in [1.165, 1.54) is 12.7 Å². The first-order valence-corrected chi connectivity index (χ1v) is 22.4. The van der Waals surface area contributed by atoms with Crippen LogP contribution in [0, 0.1) is 11.8 Å². The summed E-state index contributed by atoms with van der Waals surface area (Å²) < 4.78 is 72.2. The van der Waals surface area contributed by atoms with E-state index in [1.807, 2.05) is 24.3 Å². The molecule has 2 fully saturated rings. The van der Waals surface area contributed by atoms with Gasteiger partial charge in [0.15, 0.2) is 6.23 Å². The maximum absolute atomic E-state index is 12.3. The Kier molecular flexibility index (Phi) is 15.5. The molecule has 1 amide bonds. The van der Waals surface area contributed by atoms with Crippen LogP contribution in [0.4, 0.5) is 11.5 Å². The van der Waals surface area contributed by atoms with Crippen molar-refractivity contribution in [1.82, 2.24) is 19.9 Å². The summed E-state index contributed by atoms with van der Waals surface area (Å²) in [5.41, 5.74) is 16.8. The van der Waals surface area contributed by atoms with Crippen LogP contribution in [0.25, 0.3) is 21.5 Å². The van der Waals surface area contributed by atoms with Gasteiger partial charge < -0.3 is 54.6 Å². The molecule has 1 aliphatic heterocycles. The van der Waals surface area contributed by atoms with Crippen LogP contribution in [0.1, 0.15) is 43.9 Å². The number of azide groups is 1. The van der Waals surface area contributed by atoms with Gasteiger partial charge in [0.25, 0.3) is 0 Å². The van der Waals surface area contributed by atoms with Gasteiger partial charge in [-0.3, -0.25) is 13.9 Å². The summed E-state index contributed by atoms with van der Waals surface area (Å²) in [4.78, 5) is 51.9. The molecule has 2 aromatic heterocycles. The van der Waals surface area contributed by atoms with E-state index < -0.39 is 54.3 Å². The van der Waals surface area contributed by atoms with Crippen molar-refractivity contribution >= 4 is 51.7 Å². The van der Waals surface area contributed by atoms with Gasteiger partial charge in [0.2, 0.25) is 5.91 Å². The molecular formula is C31H42N9O14P3. The minimum Gasteiger partial charge on any atom is -0.491 e. The molecular weight excluding hydrogens is 815 g/mol. The van der Waals surface area contributed by atoms with E-state index in [4.69, 9.17) is 39.6 Å².